The fourth-order valence-corrected chi connectivity index (χ4v) is 3.48. The molecular weight excluding hydrogens is 314 g/mol. The molecule has 7 heteroatoms. The summed E-state index contributed by atoms with van der Waals surface area (Å²) in [6, 6.07) is 4.02. The highest BCUT2D eigenvalue weighted by molar-refractivity contribution is 7.89. The second kappa shape index (κ2) is 7.77. The lowest BCUT2D eigenvalue weighted by Gasteiger charge is -2.14. The zero-order valence-corrected chi connectivity index (χ0v) is 13.9. The number of rotatable bonds is 7. The second-order valence-electron chi connectivity index (χ2n) is 4.67. The van der Waals surface area contributed by atoms with Gasteiger partial charge in [-0.1, -0.05) is 38.3 Å². The Bertz CT molecular complexity index is 597. The number of sulfonamides is 1. The van der Waals surface area contributed by atoms with Crippen LogP contribution in [0.15, 0.2) is 23.1 Å². The summed E-state index contributed by atoms with van der Waals surface area (Å²) in [5.41, 5.74) is 0.143. The van der Waals surface area contributed by atoms with Crippen molar-refractivity contribution in [3.05, 3.63) is 28.8 Å². The lowest BCUT2D eigenvalue weighted by molar-refractivity contribution is 0.0600. The Morgan fingerprint density at radius 3 is 2.48 bits per heavy atom. The van der Waals surface area contributed by atoms with E-state index in [2.05, 4.69) is 9.46 Å². The van der Waals surface area contributed by atoms with E-state index in [0.29, 0.717) is 6.54 Å². The first kappa shape index (κ1) is 17.9. The van der Waals surface area contributed by atoms with Crippen LogP contribution in [-0.4, -0.2) is 28.0 Å². The Hall–Kier alpha value is -1.11. The van der Waals surface area contributed by atoms with E-state index in [1.165, 1.54) is 25.3 Å². The van der Waals surface area contributed by atoms with E-state index in [9.17, 15) is 13.2 Å². The first-order chi connectivity index (χ1) is 9.85. The van der Waals surface area contributed by atoms with E-state index in [4.69, 9.17) is 11.6 Å². The molecule has 1 rings (SSSR count). The van der Waals surface area contributed by atoms with Crippen LogP contribution < -0.4 is 4.72 Å². The van der Waals surface area contributed by atoms with Gasteiger partial charge in [-0.25, -0.2) is 17.9 Å². The molecule has 0 unspecified atom stereocenters. The highest BCUT2D eigenvalue weighted by Gasteiger charge is 2.21. The number of benzene rings is 1. The Kier molecular flexibility index (Phi) is 6.64. The SMILES string of the molecule is CCC(CC)CNS(=O)(=O)c1cc(C(=O)OC)ccc1Cl. The molecular formula is C14H20ClNO4S. The lowest BCUT2D eigenvalue weighted by Crippen LogP contribution is -2.29. The van der Waals surface area contributed by atoms with Crippen molar-refractivity contribution < 1.29 is 17.9 Å². The average molecular weight is 334 g/mol. The summed E-state index contributed by atoms with van der Waals surface area (Å²) in [6.45, 7) is 4.36. The molecule has 0 aliphatic heterocycles. The van der Waals surface area contributed by atoms with E-state index >= 15 is 0 Å². The molecule has 0 bridgehead atoms. The Morgan fingerprint density at radius 1 is 1.33 bits per heavy atom. The van der Waals surface area contributed by atoms with Gasteiger partial charge in [-0.05, 0) is 24.1 Å². The fraction of sp³-hybridized carbons (Fsp3) is 0.500. The Morgan fingerprint density at radius 2 is 1.95 bits per heavy atom. The van der Waals surface area contributed by atoms with Crippen LogP contribution in [0.25, 0.3) is 0 Å². The second-order valence-corrected chi connectivity index (χ2v) is 6.81. The number of carbonyl (C=O) groups is 1. The number of halogens is 1. The van der Waals surface area contributed by atoms with Crippen molar-refractivity contribution in [3.8, 4) is 0 Å². The minimum atomic E-state index is -3.76. The van der Waals surface area contributed by atoms with Gasteiger partial charge in [0.15, 0.2) is 0 Å². The van der Waals surface area contributed by atoms with Crippen molar-refractivity contribution in [1.29, 1.82) is 0 Å². The molecule has 118 valence electrons. The molecule has 0 radical (unpaired) electrons. The molecule has 1 N–H and O–H groups in total. The highest BCUT2D eigenvalue weighted by atomic mass is 35.5. The van der Waals surface area contributed by atoms with Gasteiger partial charge in [0.25, 0.3) is 0 Å². The smallest absolute Gasteiger partial charge is 0.337 e. The molecule has 0 aliphatic rings. The quantitative estimate of drug-likeness (QED) is 0.779. The van der Waals surface area contributed by atoms with E-state index in [1.54, 1.807) is 0 Å². The van der Waals surface area contributed by atoms with Gasteiger partial charge < -0.3 is 4.74 Å². The summed E-state index contributed by atoms with van der Waals surface area (Å²) >= 11 is 5.94. The summed E-state index contributed by atoms with van der Waals surface area (Å²) in [5, 5.41) is 0.0692. The minimum absolute atomic E-state index is 0.0692. The van der Waals surface area contributed by atoms with E-state index in [0.717, 1.165) is 12.8 Å². The third-order valence-corrected chi connectivity index (χ3v) is 5.26. The fourth-order valence-electron chi connectivity index (χ4n) is 1.84. The summed E-state index contributed by atoms with van der Waals surface area (Å²) < 4.78 is 31.7. The predicted octanol–water partition coefficient (Wildman–Crippen LogP) is 2.84. The first-order valence-electron chi connectivity index (χ1n) is 6.73. The van der Waals surface area contributed by atoms with Crippen molar-refractivity contribution in [3.63, 3.8) is 0 Å². The molecule has 5 nitrogen and oxygen atoms in total. The van der Waals surface area contributed by atoms with Crippen LogP contribution in [0.3, 0.4) is 0 Å². The van der Waals surface area contributed by atoms with Crippen LogP contribution in [0.4, 0.5) is 0 Å². The standard InChI is InChI=1S/C14H20ClNO4S/c1-4-10(5-2)9-16-21(18,19)13-8-11(14(17)20-3)6-7-12(13)15/h6-8,10,16H,4-5,9H2,1-3H3. The third kappa shape index (κ3) is 4.69. The molecule has 1 aromatic rings. The molecule has 0 fully saturated rings. The zero-order valence-electron chi connectivity index (χ0n) is 12.3. The molecule has 0 saturated carbocycles. The van der Waals surface area contributed by atoms with Crippen molar-refractivity contribution in [1.82, 2.24) is 4.72 Å². The molecule has 0 aromatic heterocycles. The van der Waals surface area contributed by atoms with Gasteiger partial charge in [0, 0.05) is 6.54 Å². The van der Waals surface area contributed by atoms with Gasteiger partial charge in [-0.15, -0.1) is 0 Å². The Balaban J connectivity index is 3.04. The van der Waals surface area contributed by atoms with Crippen LogP contribution in [0.1, 0.15) is 37.0 Å². The molecule has 0 heterocycles. The largest absolute Gasteiger partial charge is 0.465 e. The monoisotopic (exact) mass is 333 g/mol. The molecule has 0 amide bonds. The maximum Gasteiger partial charge on any atom is 0.337 e. The van der Waals surface area contributed by atoms with Gasteiger partial charge >= 0.3 is 5.97 Å². The summed E-state index contributed by atoms with van der Waals surface area (Å²) in [7, 11) is -2.53. The first-order valence-corrected chi connectivity index (χ1v) is 8.59. The van der Waals surface area contributed by atoms with Crippen LogP contribution in [0, 0.1) is 5.92 Å². The highest BCUT2D eigenvalue weighted by Crippen LogP contribution is 2.23. The molecule has 21 heavy (non-hydrogen) atoms. The third-order valence-electron chi connectivity index (χ3n) is 3.36. The molecule has 0 aliphatic carbocycles. The lowest BCUT2D eigenvalue weighted by atomic mass is 10.0. The van der Waals surface area contributed by atoms with Gasteiger partial charge in [-0.2, -0.15) is 0 Å². The minimum Gasteiger partial charge on any atom is -0.465 e. The van der Waals surface area contributed by atoms with Gasteiger partial charge in [-0.3, -0.25) is 0 Å². The van der Waals surface area contributed by atoms with E-state index < -0.39 is 16.0 Å². The summed E-state index contributed by atoms with van der Waals surface area (Å²) in [5.74, 6) is -0.342. The van der Waals surface area contributed by atoms with Crippen LogP contribution >= 0.6 is 11.6 Å². The number of hydrogen-bond acceptors (Lipinski definition) is 4. The topological polar surface area (TPSA) is 72.5 Å². The van der Waals surface area contributed by atoms with E-state index in [1.807, 2.05) is 13.8 Å². The maximum atomic E-state index is 12.3. The van der Waals surface area contributed by atoms with Crippen LogP contribution in [-0.2, 0) is 14.8 Å². The summed E-state index contributed by atoms with van der Waals surface area (Å²) in [6.07, 6.45) is 1.77. The van der Waals surface area contributed by atoms with Crippen LogP contribution in [0.2, 0.25) is 5.02 Å². The zero-order chi connectivity index (χ0) is 16.0. The van der Waals surface area contributed by atoms with Gasteiger partial charge in [0.1, 0.15) is 4.90 Å². The molecule has 0 spiro atoms. The normalized spacial score (nSPS) is 11.7. The molecule has 1 aromatic carbocycles. The predicted molar refractivity (Wildman–Crippen MR) is 82.1 cm³/mol. The number of hydrogen-bond donors (Lipinski definition) is 1. The van der Waals surface area contributed by atoms with Crippen molar-refractivity contribution in [2.24, 2.45) is 5.92 Å². The number of ether oxygens (including phenoxy) is 1. The van der Waals surface area contributed by atoms with Crippen molar-refractivity contribution >= 4 is 27.6 Å². The van der Waals surface area contributed by atoms with Crippen LogP contribution in [0.5, 0.6) is 0 Å². The number of carbonyl (C=O) groups excluding carboxylic acids is 1. The van der Waals surface area contributed by atoms with E-state index in [-0.39, 0.29) is 21.4 Å². The summed E-state index contributed by atoms with van der Waals surface area (Å²) in [4.78, 5) is 11.4. The van der Waals surface area contributed by atoms with Gasteiger partial charge in [0.05, 0.1) is 17.7 Å². The van der Waals surface area contributed by atoms with Gasteiger partial charge in [0.2, 0.25) is 10.0 Å². The number of esters is 1. The molecule has 0 atom stereocenters. The number of nitrogens with one attached hydrogen (secondary N) is 1. The maximum absolute atomic E-state index is 12.3. The van der Waals surface area contributed by atoms with Crippen molar-refractivity contribution in [2.45, 2.75) is 31.6 Å². The number of methoxy groups -OCH3 is 1. The Labute approximate surface area is 130 Å². The average Bonchev–Trinajstić information content (AvgIpc) is 2.47. The molecule has 0 saturated heterocycles. The van der Waals surface area contributed by atoms with Crippen molar-refractivity contribution in [2.75, 3.05) is 13.7 Å².